The van der Waals surface area contributed by atoms with E-state index in [2.05, 4.69) is 16.4 Å². The molecule has 0 bridgehead atoms. The van der Waals surface area contributed by atoms with E-state index in [0.717, 1.165) is 23.0 Å². The Balaban J connectivity index is 2.18. The van der Waals surface area contributed by atoms with Crippen LogP contribution in [0.3, 0.4) is 0 Å². The fraction of sp³-hybridized carbons (Fsp3) is 0.357. The maximum atomic E-state index is 9.91. The van der Waals surface area contributed by atoms with Gasteiger partial charge in [-0.2, -0.15) is 0 Å². The molecule has 0 aliphatic carbocycles. The van der Waals surface area contributed by atoms with Crippen LogP contribution in [0, 0.1) is 0 Å². The van der Waals surface area contributed by atoms with Gasteiger partial charge in [-0.1, -0.05) is 25.1 Å². The summed E-state index contributed by atoms with van der Waals surface area (Å²) in [6.45, 7) is 3.55. The molecule has 2 aromatic rings. The second-order valence-electron chi connectivity index (χ2n) is 4.15. The van der Waals surface area contributed by atoms with Crippen LogP contribution >= 0.6 is 0 Å². The van der Waals surface area contributed by atoms with Gasteiger partial charge in [0.05, 0.1) is 11.6 Å². The Morgan fingerprint density at radius 3 is 2.94 bits per heavy atom. The Morgan fingerprint density at radius 2 is 2.12 bits per heavy atom. The fourth-order valence-corrected chi connectivity index (χ4v) is 1.97. The molecule has 0 aliphatic rings. The minimum absolute atomic E-state index is 0.347. The third-order valence-electron chi connectivity index (χ3n) is 2.82. The summed E-state index contributed by atoms with van der Waals surface area (Å²) in [5.41, 5.74) is 2.14. The molecule has 0 aliphatic heterocycles. The number of nitrogens with zero attached hydrogens (tertiary/aromatic N) is 1. The van der Waals surface area contributed by atoms with Crippen molar-refractivity contribution < 1.29 is 5.11 Å². The van der Waals surface area contributed by atoms with Gasteiger partial charge in [-0.25, -0.2) is 0 Å². The average Bonchev–Trinajstić information content (AvgIpc) is 2.37. The van der Waals surface area contributed by atoms with E-state index in [1.807, 2.05) is 31.2 Å². The first-order chi connectivity index (χ1) is 8.31. The van der Waals surface area contributed by atoms with Crippen molar-refractivity contribution in [3.8, 4) is 0 Å². The Bertz CT molecular complexity index is 479. The molecule has 17 heavy (non-hydrogen) atoms. The van der Waals surface area contributed by atoms with Crippen molar-refractivity contribution in [1.82, 2.24) is 10.3 Å². The van der Waals surface area contributed by atoms with Gasteiger partial charge in [-0.05, 0) is 24.2 Å². The number of aromatic nitrogens is 1. The molecule has 0 saturated carbocycles. The third-order valence-corrected chi connectivity index (χ3v) is 2.82. The molecular weight excluding hydrogens is 212 g/mol. The number of nitrogens with one attached hydrogen (secondary N) is 1. The smallest absolute Gasteiger partial charge is 0.0705 e. The third kappa shape index (κ3) is 3.02. The van der Waals surface area contributed by atoms with Gasteiger partial charge in [0.15, 0.2) is 0 Å². The van der Waals surface area contributed by atoms with Gasteiger partial charge >= 0.3 is 0 Å². The lowest BCUT2D eigenvalue weighted by atomic mass is 10.0. The lowest BCUT2D eigenvalue weighted by molar-refractivity contribution is 0.173. The van der Waals surface area contributed by atoms with Crippen LogP contribution in [0.5, 0.6) is 0 Å². The zero-order valence-corrected chi connectivity index (χ0v) is 10.1. The minimum atomic E-state index is -0.347. The molecule has 0 amide bonds. The van der Waals surface area contributed by atoms with E-state index in [4.69, 9.17) is 0 Å². The van der Waals surface area contributed by atoms with Gasteiger partial charge in [0.1, 0.15) is 0 Å². The first kappa shape index (κ1) is 12.0. The van der Waals surface area contributed by atoms with Crippen LogP contribution < -0.4 is 5.32 Å². The highest BCUT2D eigenvalue weighted by Gasteiger charge is 2.07. The number of hydrogen-bond donors (Lipinski definition) is 2. The molecule has 2 N–H and O–H groups in total. The van der Waals surface area contributed by atoms with E-state index in [0.29, 0.717) is 13.0 Å². The average molecular weight is 230 g/mol. The molecular formula is C14H18N2O. The highest BCUT2D eigenvalue weighted by molar-refractivity contribution is 5.81. The van der Waals surface area contributed by atoms with Crippen LogP contribution in [0.15, 0.2) is 36.5 Å². The molecule has 0 radical (unpaired) electrons. The van der Waals surface area contributed by atoms with Crippen molar-refractivity contribution in [2.75, 3.05) is 13.1 Å². The number of hydrogen-bond acceptors (Lipinski definition) is 3. The fourth-order valence-electron chi connectivity index (χ4n) is 1.97. The van der Waals surface area contributed by atoms with Gasteiger partial charge < -0.3 is 10.4 Å². The molecule has 90 valence electrons. The molecule has 0 saturated heterocycles. The predicted octanol–water partition coefficient (Wildman–Crippen LogP) is 1.75. The number of rotatable bonds is 5. The standard InChI is InChI=1S/C14H18N2O/c1-2-15-10-12(17)9-11-7-8-16-14-6-4-3-5-13(11)14/h3-8,12,15,17H,2,9-10H2,1H3. The summed E-state index contributed by atoms with van der Waals surface area (Å²) in [6, 6.07) is 10.0. The quantitative estimate of drug-likeness (QED) is 0.822. The van der Waals surface area contributed by atoms with Crippen molar-refractivity contribution in [2.24, 2.45) is 0 Å². The van der Waals surface area contributed by atoms with E-state index in [9.17, 15) is 5.11 Å². The van der Waals surface area contributed by atoms with Gasteiger partial charge in [0.25, 0.3) is 0 Å². The van der Waals surface area contributed by atoms with Crippen LogP contribution in [0.1, 0.15) is 12.5 Å². The highest BCUT2D eigenvalue weighted by Crippen LogP contribution is 2.17. The summed E-state index contributed by atoms with van der Waals surface area (Å²) in [5.74, 6) is 0. The summed E-state index contributed by atoms with van der Waals surface area (Å²) in [5, 5.41) is 14.2. The van der Waals surface area contributed by atoms with Crippen molar-refractivity contribution in [3.63, 3.8) is 0 Å². The van der Waals surface area contributed by atoms with E-state index in [1.54, 1.807) is 6.20 Å². The van der Waals surface area contributed by atoms with E-state index < -0.39 is 0 Å². The second kappa shape index (κ2) is 5.75. The first-order valence-corrected chi connectivity index (χ1v) is 6.02. The van der Waals surface area contributed by atoms with Gasteiger partial charge in [0, 0.05) is 24.5 Å². The molecule has 1 aromatic heterocycles. The molecule has 1 aromatic carbocycles. The van der Waals surface area contributed by atoms with E-state index in [1.165, 1.54) is 0 Å². The van der Waals surface area contributed by atoms with E-state index >= 15 is 0 Å². The molecule has 1 atom stereocenters. The van der Waals surface area contributed by atoms with Crippen LogP contribution in [0.4, 0.5) is 0 Å². The second-order valence-corrected chi connectivity index (χ2v) is 4.15. The SMILES string of the molecule is CCNCC(O)Cc1ccnc2ccccc12. The number of para-hydroxylation sites is 1. The normalized spacial score (nSPS) is 12.8. The van der Waals surface area contributed by atoms with Crippen LogP contribution in [0.25, 0.3) is 10.9 Å². The number of fused-ring (bicyclic) bond motifs is 1. The van der Waals surface area contributed by atoms with Gasteiger partial charge in [-0.15, -0.1) is 0 Å². The van der Waals surface area contributed by atoms with Crippen LogP contribution in [-0.4, -0.2) is 29.3 Å². The Kier molecular flexibility index (Phi) is 4.07. The zero-order chi connectivity index (χ0) is 12.1. The highest BCUT2D eigenvalue weighted by atomic mass is 16.3. The van der Waals surface area contributed by atoms with Gasteiger partial charge in [0.2, 0.25) is 0 Å². The lowest BCUT2D eigenvalue weighted by Crippen LogP contribution is -2.28. The number of aliphatic hydroxyl groups is 1. The van der Waals surface area contributed by atoms with Crippen molar-refractivity contribution in [3.05, 3.63) is 42.1 Å². The number of aliphatic hydroxyl groups excluding tert-OH is 1. The van der Waals surface area contributed by atoms with Crippen molar-refractivity contribution >= 4 is 10.9 Å². The van der Waals surface area contributed by atoms with Crippen LogP contribution in [0.2, 0.25) is 0 Å². The molecule has 3 heteroatoms. The molecule has 0 spiro atoms. The van der Waals surface area contributed by atoms with Crippen LogP contribution in [-0.2, 0) is 6.42 Å². The topological polar surface area (TPSA) is 45.1 Å². The summed E-state index contributed by atoms with van der Waals surface area (Å²) in [4.78, 5) is 4.31. The first-order valence-electron chi connectivity index (χ1n) is 6.02. The number of pyridine rings is 1. The monoisotopic (exact) mass is 230 g/mol. The summed E-state index contributed by atoms with van der Waals surface area (Å²) >= 11 is 0. The number of benzene rings is 1. The van der Waals surface area contributed by atoms with Crippen molar-refractivity contribution in [1.29, 1.82) is 0 Å². The Labute approximate surface area is 102 Å². The summed E-state index contributed by atoms with van der Waals surface area (Å²) in [7, 11) is 0. The maximum Gasteiger partial charge on any atom is 0.0705 e. The lowest BCUT2D eigenvalue weighted by Gasteiger charge is -2.12. The number of likely N-dealkylation sites (N-methyl/N-ethyl adjacent to an activating group) is 1. The zero-order valence-electron chi connectivity index (χ0n) is 10.1. The molecule has 2 rings (SSSR count). The van der Waals surface area contributed by atoms with E-state index in [-0.39, 0.29) is 6.10 Å². The Hall–Kier alpha value is -1.45. The Morgan fingerprint density at radius 1 is 1.29 bits per heavy atom. The molecule has 3 nitrogen and oxygen atoms in total. The predicted molar refractivity (Wildman–Crippen MR) is 70.0 cm³/mol. The van der Waals surface area contributed by atoms with Gasteiger partial charge in [-0.3, -0.25) is 4.98 Å². The largest absolute Gasteiger partial charge is 0.391 e. The maximum absolute atomic E-state index is 9.91. The molecule has 0 fully saturated rings. The van der Waals surface area contributed by atoms with Crippen molar-refractivity contribution in [2.45, 2.75) is 19.4 Å². The minimum Gasteiger partial charge on any atom is -0.391 e. The molecule has 1 unspecified atom stereocenters. The summed E-state index contributed by atoms with van der Waals surface area (Å²) in [6.07, 6.45) is 2.12. The summed E-state index contributed by atoms with van der Waals surface area (Å²) < 4.78 is 0. The molecule has 1 heterocycles.